The fraction of sp³-hybridized carbons (Fsp3) is 0.833. The average molecular weight is 147 g/mol. The molecule has 4 nitrogen and oxygen atoms in total. The first-order valence-corrected chi connectivity index (χ1v) is 3.10. The van der Waals surface area contributed by atoms with E-state index in [1.807, 2.05) is 0 Å². The third-order valence-corrected chi connectivity index (χ3v) is 0.870. The summed E-state index contributed by atoms with van der Waals surface area (Å²) in [7, 11) is 1.45. The van der Waals surface area contributed by atoms with Crippen molar-refractivity contribution in [2.45, 2.75) is 13.0 Å². The first kappa shape index (κ1) is 9.39. The lowest BCUT2D eigenvalue weighted by molar-refractivity contribution is -0.125. The minimum Gasteiger partial charge on any atom is -0.392 e. The van der Waals surface area contributed by atoms with Gasteiger partial charge in [-0.25, -0.2) is 0 Å². The van der Waals surface area contributed by atoms with Gasteiger partial charge in [-0.15, -0.1) is 0 Å². The monoisotopic (exact) mass is 147 g/mol. The molecule has 0 aliphatic rings. The Hall–Kier alpha value is -0.610. The Morgan fingerprint density at radius 1 is 1.80 bits per heavy atom. The SMILES string of the molecule is COCC(=O)NCC(C)O. The molecule has 60 valence electrons. The van der Waals surface area contributed by atoms with Crippen molar-refractivity contribution >= 4 is 5.91 Å². The number of hydrogen-bond acceptors (Lipinski definition) is 3. The van der Waals surface area contributed by atoms with E-state index in [0.717, 1.165) is 0 Å². The Balaban J connectivity index is 3.22. The van der Waals surface area contributed by atoms with Crippen molar-refractivity contribution in [1.82, 2.24) is 5.32 Å². The quantitative estimate of drug-likeness (QED) is 0.543. The normalized spacial score (nSPS) is 12.7. The lowest BCUT2D eigenvalue weighted by Gasteiger charge is -2.05. The molecular formula is C6H13NO3. The summed E-state index contributed by atoms with van der Waals surface area (Å²) in [5.74, 6) is -0.205. The maximum atomic E-state index is 10.6. The van der Waals surface area contributed by atoms with Gasteiger partial charge < -0.3 is 15.2 Å². The molecule has 0 fully saturated rings. The summed E-state index contributed by atoms with van der Waals surface area (Å²) in [6, 6.07) is 0. The molecule has 0 saturated carbocycles. The summed E-state index contributed by atoms with van der Waals surface area (Å²) < 4.78 is 4.54. The third-order valence-electron chi connectivity index (χ3n) is 0.870. The van der Waals surface area contributed by atoms with Crippen LogP contribution in [-0.2, 0) is 9.53 Å². The first-order chi connectivity index (χ1) is 4.66. The van der Waals surface area contributed by atoms with E-state index in [4.69, 9.17) is 5.11 Å². The van der Waals surface area contributed by atoms with E-state index in [-0.39, 0.29) is 19.1 Å². The van der Waals surface area contributed by atoms with Gasteiger partial charge in [-0.05, 0) is 6.92 Å². The van der Waals surface area contributed by atoms with Gasteiger partial charge in [0.1, 0.15) is 6.61 Å². The summed E-state index contributed by atoms with van der Waals surface area (Å²) in [5, 5.41) is 11.2. The molecule has 0 rings (SSSR count). The highest BCUT2D eigenvalue weighted by Gasteiger charge is 2.00. The zero-order chi connectivity index (χ0) is 7.98. The third kappa shape index (κ3) is 5.53. The van der Waals surface area contributed by atoms with E-state index < -0.39 is 6.10 Å². The zero-order valence-electron chi connectivity index (χ0n) is 6.26. The van der Waals surface area contributed by atoms with Crippen molar-refractivity contribution < 1.29 is 14.6 Å². The van der Waals surface area contributed by atoms with Crippen LogP contribution in [0.2, 0.25) is 0 Å². The molecule has 4 heteroatoms. The number of nitrogens with one attached hydrogen (secondary N) is 1. The molecule has 0 heterocycles. The minimum absolute atomic E-state index is 0.0483. The summed E-state index contributed by atoms with van der Waals surface area (Å²) in [6.45, 7) is 1.93. The van der Waals surface area contributed by atoms with E-state index in [2.05, 4.69) is 10.1 Å². The maximum Gasteiger partial charge on any atom is 0.246 e. The second-order valence-electron chi connectivity index (χ2n) is 2.09. The Labute approximate surface area is 60.2 Å². The number of aliphatic hydroxyl groups excluding tert-OH is 1. The van der Waals surface area contributed by atoms with Gasteiger partial charge in [-0.1, -0.05) is 0 Å². The van der Waals surface area contributed by atoms with E-state index in [0.29, 0.717) is 0 Å². The highest BCUT2D eigenvalue weighted by Crippen LogP contribution is 1.75. The Morgan fingerprint density at radius 2 is 2.40 bits per heavy atom. The van der Waals surface area contributed by atoms with E-state index in [9.17, 15) is 4.79 Å². The number of methoxy groups -OCH3 is 1. The first-order valence-electron chi connectivity index (χ1n) is 3.10. The van der Waals surface area contributed by atoms with Crippen LogP contribution in [0.4, 0.5) is 0 Å². The predicted molar refractivity (Wildman–Crippen MR) is 36.6 cm³/mol. The van der Waals surface area contributed by atoms with Gasteiger partial charge in [0.05, 0.1) is 6.10 Å². The largest absolute Gasteiger partial charge is 0.392 e. The zero-order valence-corrected chi connectivity index (χ0v) is 6.26. The topological polar surface area (TPSA) is 58.6 Å². The molecule has 0 aliphatic heterocycles. The second kappa shape index (κ2) is 5.20. The molecule has 0 saturated heterocycles. The Kier molecular flexibility index (Phi) is 4.88. The highest BCUT2D eigenvalue weighted by atomic mass is 16.5. The summed E-state index contributed by atoms with van der Waals surface area (Å²) >= 11 is 0. The molecule has 0 aromatic carbocycles. The number of carbonyl (C=O) groups excluding carboxylic acids is 1. The van der Waals surface area contributed by atoms with Gasteiger partial charge in [0.25, 0.3) is 0 Å². The summed E-state index contributed by atoms with van der Waals surface area (Å²) in [6.07, 6.45) is -0.499. The number of carbonyl (C=O) groups is 1. The molecule has 0 spiro atoms. The number of ether oxygens (including phenoxy) is 1. The van der Waals surface area contributed by atoms with Crippen LogP contribution in [-0.4, -0.2) is 37.4 Å². The van der Waals surface area contributed by atoms with Crippen LogP contribution in [0.15, 0.2) is 0 Å². The van der Waals surface area contributed by atoms with Crippen molar-refractivity contribution in [3.8, 4) is 0 Å². The van der Waals surface area contributed by atoms with Crippen molar-refractivity contribution in [3.63, 3.8) is 0 Å². The van der Waals surface area contributed by atoms with Gasteiger partial charge in [0.15, 0.2) is 0 Å². The van der Waals surface area contributed by atoms with Gasteiger partial charge in [0.2, 0.25) is 5.91 Å². The number of hydrogen-bond donors (Lipinski definition) is 2. The average Bonchev–Trinajstić information content (AvgIpc) is 1.85. The number of aliphatic hydroxyl groups is 1. The molecule has 0 aliphatic carbocycles. The second-order valence-corrected chi connectivity index (χ2v) is 2.09. The van der Waals surface area contributed by atoms with Gasteiger partial charge in [-0.2, -0.15) is 0 Å². The Morgan fingerprint density at radius 3 is 2.80 bits per heavy atom. The van der Waals surface area contributed by atoms with Crippen LogP contribution in [0, 0.1) is 0 Å². The van der Waals surface area contributed by atoms with Crippen LogP contribution in [0.1, 0.15) is 6.92 Å². The smallest absolute Gasteiger partial charge is 0.246 e. The van der Waals surface area contributed by atoms with E-state index >= 15 is 0 Å². The fourth-order valence-corrected chi connectivity index (χ4v) is 0.444. The van der Waals surface area contributed by atoms with Gasteiger partial charge >= 0.3 is 0 Å². The van der Waals surface area contributed by atoms with Crippen molar-refractivity contribution in [1.29, 1.82) is 0 Å². The molecule has 1 amide bonds. The maximum absolute atomic E-state index is 10.6. The van der Waals surface area contributed by atoms with Crippen LogP contribution in [0.3, 0.4) is 0 Å². The number of amides is 1. The lowest BCUT2D eigenvalue weighted by Crippen LogP contribution is -2.32. The summed E-state index contributed by atoms with van der Waals surface area (Å²) in [4.78, 5) is 10.6. The molecular weight excluding hydrogens is 134 g/mol. The standard InChI is InChI=1S/C6H13NO3/c1-5(8)3-7-6(9)4-10-2/h5,8H,3-4H2,1-2H3,(H,7,9). The van der Waals surface area contributed by atoms with Crippen LogP contribution < -0.4 is 5.32 Å². The Bertz CT molecular complexity index is 103. The predicted octanol–water partition coefficient (Wildman–Crippen LogP) is -0.870. The van der Waals surface area contributed by atoms with Crippen LogP contribution >= 0.6 is 0 Å². The molecule has 1 unspecified atom stereocenters. The van der Waals surface area contributed by atoms with Crippen LogP contribution in [0.5, 0.6) is 0 Å². The van der Waals surface area contributed by atoms with Crippen molar-refractivity contribution in [3.05, 3.63) is 0 Å². The van der Waals surface area contributed by atoms with Crippen molar-refractivity contribution in [2.24, 2.45) is 0 Å². The number of rotatable bonds is 4. The van der Waals surface area contributed by atoms with E-state index in [1.165, 1.54) is 7.11 Å². The molecule has 0 bridgehead atoms. The van der Waals surface area contributed by atoms with Gasteiger partial charge in [0, 0.05) is 13.7 Å². The summed E-state index contributed by atoms with van der Waals surface area (Å²) in [5.41, 5.74) is 0. The molecule has 1 atom stereocenters. The van der Waals surface area contributed by atoms with Crippen LogP contribution in [0.25, 0.3) is 0 Å². The fourth-order valence-electron chi connectivity index (χ4n) is 0.444. The van der Waals surface area contributed by atoms with Crippen molar-refractivity contribution in [2.75, 3.05) is 20.3 Å². The molecule has 2 N–H and O–H groups in total. The molecule has 0 aromatic rings. The molecule has 0 aromatic heterocycles. The van der Waals surface area contributed by atoms with E-state index in [1.54, 1.807) is 6.92 Å². The minimum atomic E-state index is -0.499. The van der Waals surface area contributed by atoms with Gasteiger partial charge in [-0.3, -0.25) is 4.79 Å². The highest BCUT2D eigenvalue weighted by molar-refractivity contribution is 5.77. The molecule has 10 heavy (non-hydrogen) atoms. The molecule has 0 radical (unpaired) electrons. The lowest BCUT2D eigenvalue weighted by atomic mass is 10.4.